The smallest absolute Gasteiger partial charge is 0.229 e. The Kier molecular flexibility index (Phi) is 9.50. The summed E-state index contributed by atoms with van der Waals surface area (Å²) in [5, 5.41) is 92.6. The molecule has 9 N–H and O–H groups in total. The quantitative estimate of drug-likeness (QED) is 0.161. The van der Waals surface area contributed by atoms with Crippen molar-refractivity contribution in [2.45, 2.75) is 74.4 Å². The summed E-state index contributed by atoms with van der Waals surface area (Å²) in [7, 11) is 2.65. The molecule has 0 aromatic heterocycles. The van der Waals surface area contributed by atoms with E-state index in [9.17, 15) is 46.0 Å². The summed E-state index contributed by atoms with van der Waals surface area (Å²) in [5.41, 5.74) is 0.421. The van der Waals surface area contributed by atoms with E-state index in [1.807, 2.05) is 0 Å². The van der Waals surface area contributed by atoms with Crippen molar-refractivity contribution in [2.75, 3.05) is 20.8 Å². The number of aliphatic hydroxyl groups is 7. The fraction of sp³-hybridized carbons (Fsp3) is 0.517. The van der Waals surface area contributed by atoms with Crippen molar-refractivity contribution in [3.8, 4) is 34.5 Å². The van der Waals surface area contributed by atoms with E-state index in [1.165, 1.54) is 45.4 Å². The SMILES string of the molecule is COc1cc(C2Oc3cc(O)cc(O[C@@H]4O[C@@H](CO)[C@@H](O)[C@H](O)[C@@H]4O)c3C=C2O[C@@H]2O[C@H](C)[C@H](O)[C@@H](O)[C@@H]2O)cc(OC)c1O. The summed E-state index contributed by atoms with van der Waals surface area (Å²) >= 11 is 0. The van der Waals surface area contributed by atoms with E-state index < -0.39 is 74.1 Å². The van der Waals surface area contributed by atoms with E-state index >= 15 is 0 Å². The van der Waals surface area contributed by atoms with Crippen LogP contribution >= 0.6 is 0 Å². The molecular weight excluding hydrogens is 604 g/mol. The molecular formula is C29H36O16. The summed E-state index contributed by atoms with van der Waals surface area (Å²) in [4.78, 5) is 0. The Morgan fingerprint density at radius 3 is 1.91 bits per heavy atom. The van der Waals surface area contributed by atoms with Crippen LogP contribution < -0.4 is 18.9 Å². The minimum Gasteiger partial charge on any atom is -0.508 e. The summed E-state index contributed by atoms with van der Waals surface area (Å²) in [6.07, 6.45) is -15.0. The normalized spacial score (nSPS) is 34.6. The van der Waals surface area contributed by atoms with Crippen LogP contribution in [0.15, 0.2) is 30.0 Å². The third kappa shape index (κ3) is 6.16. The minimum atomic E-state index is -1.77. The first-order valence-corrected chi connectivity index (χ1v) is 13.9. The predicted molar refractivity (Wildman–Crippen MR) is 148 cm³/mol. The summed E-state index contributed by atoms with van der Waals surface area (Å²) < 4.78 is 39.7. The molecule has 2 saturated heterocycles. The van der Waals surface area contributed by atoms with Gasteiger partial charge in [0.15, 0.2) is 17.6 Å². The maximum Gasteiger partial charge on any atom is 0.229 e. The van der Waals surface area contributed by atoms with Gasteiger partial charge >= 0.3 is 0 Å². The molecule has 3 aliphatic heterocycles. The number of ether oxygens (including phenoxy) is 7. The number of hydrogen-bond acceptors (Lipinski definition) is 16. The maximum absolute atomic E-state index is 10.7. The van der Waals surface area contributed by atoms with Crippen LogP contribution in [-0.4, -0.2) is 128 Å². The molecule has 2 fully saturated rings. The molecule has 0 amide bonds. The highest BCUT2D eigenvalue weighted by atomic mass is 16.7. The van der Waals surface area contributed by atoms with Gasteiger partial charge in [0.2, 0.25) is 18.3 Å². The Morgan fingerprint density at radius 2 is 1.31 bits per heavy atom. The van der Waals surface area contributed by atoms with Gasteiger partial charge in [-0.3, -0.25) is 0 Å². The van der Waals surface area contributed by atoms with Crippen molar-refractivity contribution < 1.29 is 79.1 Å². The molecule has 5 rings (SSSR count). The van der Waals surface area contributed by atoms with Crippen LogP contribution in [0.1, 0.15) is 24.2 Å². The molecule has 16 heteroatoms. The largest absolute Gasteiger partial charge is 0.508 e. The zero-order valence-corrected chi connectivity index (χ0v) is 24.3. The Hall–Kier alpha value is -3.58. The van der Waals surface area contributed by atoms with Crippen LogP contribution in [0.2, 0.25) is 0 Å². The molecule has 0 spiro atoms. The molecule has 45 heavy (non-hydrogen) atoms. The molecule has 2 aromatic rings. The van der Waals surface area contributed by atoms with Gasteiger partial charge in [-0.25, -0.2) is 0 Å². The van der Waals surface area contributed by atoms with Crippen molar-refractivity contribution >= 4 is 6.08 Å². The van der Waals surface area contributed by atoms with E-state index in [4.69, 9.17) is 33.2 Å². The average molecular weight is 641 g/mol. The van der Waals surface area contributed by atoms with Crippen LogP contribution in [0.5, 0.6) is 34.5 Å². The molecule has 16 nitrogen and oxygen atoms in total. The monoisotopic (exact) mass is 640 g/mol. The van der Waals surface area contributed by atoms with Crippen molar-refractivity contribution in [2.24, 2.45) is 0 Å². The van der Waals surface area contributed by atoms with Gasteiger partial charge in [0.25, 0.3) is 0 Å². The van der Waals surface area contributed by atoms with Crippen LogP contribution in [0.4, 0.5) is 0 Å². The number of aromatic hydroxyl groups is 2. The molecule has 248 valence electrons. The number of fused-ring (bicyclic) bond motifs is 1. The third-order valence-electron chi connectivity index (χ3n) is 7.84. The second-order valence-corrected chi connectivity index (χ2v) is 10.8. The van der Waals surface area contributed by atoms with Crippen LogP contribution in [0, 0.1) is 0 Å². The highest BCUT2D eigenvalue weighted by molar-refractivity contribution is 5.70. The number of rotatable bonds is 8. The second kappa shape index (κ2) is 13.0. The first-order chi connectivity index (χ1) is 21.4. The van der Waals surface area contributed by atoms with Crippen molar-refractivity contribution in [3.05, 3.63) is 41.2 Å². The van der Waals surface area contributed by atoms with Crippen LogP contribution in [0.25, 0.3) is 6.08 Å². The third-order valence-corrected chi connectivity index (χ3v) is 7.84. The highest BCUT2D eigenvalue weighted by Gasteiger charge is 2.46. The fourth-order valence-electron chi connectivity index (χ4n) is 5.26. The van der Waals surface area contributed by atoms with Crippen molar-refractivity contribution in [1.82, 2.24) is 0 Å². The number of methoxy groups -OCH3 is 2. The van der Waals surface area contributed by atoms with E-state index in [0.717, 1.165) is 6.07 Å². The molecule has 3 aliphatic rings. The predicted octanol–water partition coefficient (Wildman–Crippen LogP) is -1.39. The van der Waals surface area contributed by atoms with E-state index in [0.29, 0.717) is 5.56 Å². The molecule has 3 heterocycles. The Balaban J connectivity index is 1.58. The van der Waals surface area contributed by atoms with Gasteiger partial charge in [0.1, 0.15) is 65.7 Å². The lowest BCUT2D eigenvalue weighted by Gasteiger charge is -2.41. The number of aliphatic hydroxyl groups excluding tert-OH is 7. The lowest BCUT2D eigenvalue weighted by molar-refractivity contribution is -0.285. The van der Waals surface area contributed by atoms with Gasteiger partial charge < -0.3 is 79.1 Å². The van der Waals surface area contributed by atoms with Gasteiger partial charge in [-0.2, -0.15) is 0 Å². The maximum atomic E-state index is 10.7. The molecule has 2 aromatic carbocycles. The van der Waals surface area contributed by atoms with Gasteiger partial charge in [-0.15, -0.1) is 0 Å². The summed E-state index contributed by atoms with van der Waals surface area (Å²) in [5.74, 6) is -0.792. The zero-order chi connectivity index (χ0) is 32.7. The van der Waals surface area contributed by atoms with E-state index in [2.05, 4.69) is 0 Å². The highest BCUT2D eigenvalue weighted by Crippen LogP contribution is 2.48. The molecule has 1 unspecified atom stereocenters. The first kappa shape index (κ1) is 32.8. The lowest BCUT2D eigenvalue weighted by atomic mass is 9.98. The van der Waals surface area contributed by atoms with Crippen molar-refractivity contribution in [3.63, 3.8) is 0 Å². The lowest BCUT2D eigenvalue weighted by Crippen LogP contribution is -2.60. The van der Waals surface area contributed by atoms with Gasteiger partial charge in [-0.05, 0) is 25.1 Å². The second-order valence-electron chi connectivity index (χ2n) is 10.8. The Bertz CT molecular complexity index is 1370. The molecule has 0 saturated carbocycles. The van der Waals surface area contributed by atoms with Gasteiger partial charge in [0.05, 0.1) is 32.5 Å². The van der Waals surface area contributed by atoms with Crippen LogP contribution in [-0.2, 0) is 14.2 Å². The summed E-state index contributed by atoms with van der Waals surface area (Å²) in [6, 6.07) is 5.26. The standard InChI is InChI=1S/C29H36O16/c1-10-20(32)23(35)25(37)28(41-10)44-18-8-13-14(42-27(18)11-4-16(39-2)21(33)17(5-11)40-3)6-12(31)7-15(13)43-29-26(38)24(36)22(34)19(9-30)45-29/h4-8,10,19-20,22-38H,9H2,1-3H3/t10-,19+,20+,22-,23-,24+,25+,26+,27?,28+,29-/m1/s1. The zero-order valence-electron chi connectivity index (χ0n) is 24.3. The number of hydrogen-bond donors (Lipinski definition) is 9. The number of phenols is 2. The van der Waals surface area contributed by atoms with E-state index in [1.54, 1.807) is 0 Å². The first-order valence-electron chi connectivity index (χ1n) is 13.9. The minimum absolute atomic E-state index is 0.0155. The number of phenolic OH excluding ortho intramolecular Hbond substituents is 2. The van der Waals surface area contributed by atoms with Gasteiger partial charge in [0, 0.05) is 17.7 Å². The fourth-order valence-corrected chi connectivity index (χ4v) is 5.26. The van der Waals surface area contributed by atoms with Gasteiger partial charge in [-0.1, -0.05) is 0 Å². The molecule has 0 radical (unpaired) electrons. The van der Waals surface area contributed by atoms with Crippen molar-refractivity contribution in [1.29, 1.82) is 0 Å². The molecule has 11 atom stereocenters. The Morgan fingerprint density at radius 1 is 0.711 bits per heavy atom. The van der Waals surface area contributed by atoms with Crippen LogP contribution in [0.3, 0.4) is 0 Å². The molecule has 0 bridgehead atoms. The topological polar surface area (TPSA) is 247 Å². The number of benzene rings is 2. The Labute approximate surface area is 256 Å². The molecule has 0 aliphatic carbocycles. The van der Waals surface area contributed by atoms with E-state index in [-0.39, 0.29) is 45.8 Å². The summed E-state index contributed by atoms with van der Waals surface area (Å²) in [6.45, 7) is 0.771. The average Bonchev–Trinajstić information content (AvgIpc) is 3.02.